The molecule has 1 aromatic heterocycles. The van der Waals surface area contributed by atoms with E-state index in [1.165, 1.54) is 18.4 Å². The predicted octanol–water partition coefficient (Wildman–Crippen LogP) is 3.01. The van der Waals surface area contributed by atoms with Gasteiger partial charge in [-0.05, 0) is 77.7 Å². The minimum Gasteiger partial charge on any atom is -0.340 e. The Morgan fingerprint density at radius 1 is 1.26 bits per heavy atom. The topological polar surface area (TPSA) is 39.7 Å². The third-order valence-electron chi connectivity index (χ3n) is 6.25. The Morgan fingerprint density at radius 2 is 2.04 bits per heavy atom. The summed E-state index contributed by atoms with van der Waals surface area (Å²) in [6.45, 7) is 12.6. The van der Waals surface area contributed by atoms with Gasteiger partial charge in [0.15, 0.2) is 0 Å². The van der Waals surface area contributed by atoms with E-state index in [9.17, 15) is 4.79 Å². The van der Waals surface area contributed by atoms with Crippen molar-refractivity contribution in [2.45, 2.75) is 65.1 Å². The molecule has 2 saturated heterocycles. The highest BCUT2D eigenvalue weighted by Gasteiger charge is 2.33. The van der Waals surface area contributed by atoms with Gasteiger partial charge in [-0.3, -0.25) is 19.6 Å². The Morgan fingerprint density at radius 3 is 2.67 bits per heavy atom. The summed E-state index contributed by atoms with van der Waals surface area (Å²) in [5, 5.41) is 0. The van der Waals surface area contributed by atoms with E-state index in [2.05, 4.69) is 41.6 Å². The lowest BCUT2D eigenvalue weighted by atomic mass is 9.92. The fourth-order valence-electron chi connectivity index (χ4n) is 4.74. The first-order chi connectivity index (χ1) is 13.1. The van der Waals surface area contributed by atoms with Crippen LogP contribution < -0.4 is 0 Å². The molecule has 0 spiro atoms. The molecule has 2 aliphatic rings. The molecule has 2 fully saturated rings. The first-order valence-corrected chi connectivity index (χ1v) is 10.7. The summed E-state index contributed by atoms with van der Waals surface area (Å²) in [7, 11) is 0. The number of hydrogen-bond acceptors (Lipinski definition) is 4. The van der Waals surface area contributed by atoms with Crippen LogP contribution in [0.4, 0.5) is 0 Å². The fraction of sp³-hybridized carbons (Fsp3) is 0.727. The van der Waals surface area contributed by atoms with Crippen LogP contribution >= 0.6 is 0 Å². The number of nitrogens with zero attached hydrogens (tertiary/aromatic N) is 4. The smallest absolute Gasteiger partial charge is 0.227 e. The highest BCUT2D eigenvalue weighted by Crippen LogP contribution is 2.26. The summed E-state index contributed by atoms with van der Waals surface area (Å²) in [6, 6.07) is 5.12. The average molecular weight is 373 g/mol. The van der Waals surface area contributed by atoms with E-state index in [0.717, 1.165) is 52.1 Å². The molecule has 3 rings (SSSR count). The molecule has 5 heteroatoms. The lowest BCUT2D eigenvalue weighted by molar-refractivity contribution is -0.139. The van der Waals surface area contributed by atoms with Gasteiger partial charge in [0, 0.05) is 44.1 Å². The second-order valence-electron chi connectivity index (χ2n) is 8.42. The monoisotopic (exact) mass is 372 g/mol. The third-order valence-corrected chi connectivity index (χ3v) is 6.25. The minimum absolute atomic E-state index is 0.189. The molecule has 5 nitrogen and oxygen atoms in total. The van der Waals surface area contributed by atoms with Gasteiger partial charge in [-0.15, -0.1) is 0 Å². The zero-order chi connectivity index (χ0) is 19.2. The summed E-state index contributed by atoms with van der Waals surface area (Å²) >= 11 is 0. The Hall–Kier alpha value is -1.46. The lowest BCUT2D eigenvalue weighted by Gasteiger charge is -2.43. The Bertz CT molecular complexity index is 583. The number of rotatable bonds is 6. The maximum Gasteiger partial charge on any atom is 0.227 e. The molecule has 1 atom stereocenters. The molecule has 2 aliphatic heterocycles. The van der Waals surface area contributed by atoms with Crippen molar-refractivity contribution in [3.05, 3.63) is 30.1 Å². The maximum absolute atomic E-state index is 12.9. The number of piperidine rings is 2. The first-order valence-electron chi connectivity index (χ1n) is 10.7. The largest absolute Gasteiger partial charge is 0.340 e. The number of likely N-dealkylation sites (tertiary alicyclic amines) is 2. The van der Waals surface area contributed by atoms with Crippen LogP contribution in [0.2, 0.25) is 0 Å². The van der Waals surface area contributed by atoms with E-state index in [1.807, 2.05) is 23.4 Å². The SMILES string of the molecule is CCN(C(=O)[C@@H]1CCCN(C2CCN(Cc3cccnc3)CC2)C1)C(C)C. The highest BCUT2D eigenvalue weighted by atomic mass is 16.2. The molecule has 0 aromatic carbocycles. The molecule has 0 N–H and O–H groups in total. The average Bonchev–Trinajstić information content (AvgIpc) is 2.69. The molecule has 3 heterocycles. The van der Waals surface area contributed by atoms with Gasteiger partial charge in [0.05, 0.1) is 5.92 Å². The summed E-state index contributed by atoms with van der Waals surface area (Å²) in [5.41, 5.74) is 1.30. The molecule has 1 amide bonds. The molecule has 0 saturated carbocycles. The van der Waals surface area contributed by atoms with Crippen LogP contribution in [0.1, 0.15) is 52.0 Å². The first kappa shape index (κ1) is 20.3. The van der Waals surface area contributed by atoms with Crippen molar-refractivity contribution in [1.82, 2.24) is 19.7 Å². The van der Waals surface area contributed by atoms with Crippen molar-refractivity contribution >= 4 is 5.91 Å². The summed E-state index contributed by atoms with van der Waals surface area (Å²) in [6.07, 6.45) is 8.44. The summed E-state index contributed by atoms with van der Waals surface area (Å²) < 4.78 is 0. The van der Waals surface area contributed by atoms with Crippen molar-refractivity contribution in [3.63, 3.8) is 0 Å². The Kier molecular flexibility index (Phi) is 7.25. The van der Waals surface area contributed by atoms with Crippen LogP contribution in [0.5, 0.6) is 0 Å². The number of pyridine rings is 1. The molecule has 150 valence electrons. The van der Waals surface area contributed by atoms with E-state index < -0.39 is 0 Å². The van der Waals surface area contributed by atoms with Crippen molar-refractivity contribution < 1.29 is 4.79 Å². The highest BCUT2D eigenvalue weighted by molar-refractivity contribution is 5.79. The number of carbonyl (C=O) groups excluding carboxylic acids is 1. The maximum atomic E-state index is 12.9. The van der Waals surface area contributed by atoms with E-state index >= 15 is 0 Å². The van der Waals surface area contributed by atoms with Crippen LogP contribution in [0.3, 0.4) is 0 Å². The quantitative estimate of drug-likeness (QED) is 0.770. The van der Waals surface area contributed by atoms with Gasteiger partial charge >= 0.3 is 0 Å². The van der Waals surface area contributed by atoms with Crippen molar-refractivity contribution in [2.75, 3.05) is 32.7 Å². The van der Waals surface area contributed by atoms with E-state index in [0.29, 0.717) is 18.0 Å². The molecule has 0 aliphatic carbocycles. The number of amides is 1. The van der Waals surface area contributed by atoms with Gasteiger partial charge in [-0.25, -0.2) is 0 Å². The van der Waals surface area contributed by atoms with Gasteiger partial charge in [-0.2, -0.15) is 0 Å². The van der Waals surface area contributed by atoms with Crippen molar-refractivity contribution in [3.8, 4) is 0 Å². The van der Waals surface area contributed by atoms with Crippen molar-refractivity contribution in [2.24, 2.45) is 5.92 Å². The number of carbonyl (C=O) groups is 1. The van der Waals surface area contributed by atoms with E-state index in [-0.39, 0.29) is 5.92 Å². The fourth-order valence-corrected chi connectivity index (χ4v) is 4.74. The molecule has 0 bridgehead atoms. The summed E-state index contributed by atoms with van der Waals surface area (Å²) in [4.78, 5) is 24.4. The second-order valence-corrected chi connectivity index (χ2v) is 8.42. The van der Waals surface area contributed by atoms with Gasteiger partial charge in [0.1, 0.15) is 0 Å². The van der Waals surface area contributed by atoms with Crippen molar-refractivity contribution in [1.29, 1.82) is 0 Å². The third kappa shape index (κ3) is 5.29. The van der Waals surface area contributed by atoms with Gasteiger partial charge in [0.2, 0.25) is 5.91 Å². The Labute approximate surface area is 164 Å². The molecular weight excluding hydrogens is 336 g/mol. The molecular formula is C22H36N4O. The van der Waals surface area contributed by atoms with Crippen LogP contribution in [0.15, 0.2) is 24.5 Å². The van der Waals surface area contributed by atoms with E-state index in [4.69, 9.17) is 0 Å². The lowest BCUT2D eigenvalue weighted by Crippen LogP contribution is -2.52. The van der Waals surface area contributed by atoms with Gasteiger partial charge in [-0.1, -0.05) is 6.07 Å². The molecule has 1 aromatic rings. The number of hydrogen-bond donors (Lipinski definition) is 0. The van der Waals surface area contributed by atoms with Crippen LogP contribution in [0, 0.1) is 5.92 Å². The zero-order valence-electron chi connectivity index (χ0n) is 17.3. The predicted molar refractivity (Wildman–Crippen MR) is 109 cm³/mol. The van der Waals surface area contributed by atoms with Crippen LogP contribution in [0.25, 0.3) is 0 Å². The van der Waals surface area contributed by atoms with Gasteiger partial charge in [0.25, 0.3) is 0 Å². The second kappa shape index (κ2) is 9.65. The van der Waals surface area contributed by atoms with E-state index in [1.54, 1.807) is 0 Å². The Balaban J connectivity index is 1.50. The molecule has 0 radical (unpaired) electrons. The molecule has 27 heavy (non-hydrogen) atoms. The van der Waals surface area contributed by atoms with Crippen LogP contribution in [-0.2, 0) is 11.3 Å². The zero-order valence-corrected chi connectivity index (χ0v) is 17.3. The van der Waals surface area contributed by atoms with Gasteiger partial charge < -0.3 is 4.90 Å². The minimum atomic E-state index is 0.189. The normalized spacial score (nSPS) is 22.9. The van der Waals surface area contributed by atoms with Crippen LogP contribution in [-0.4, -0.2) is 70.4 Å². The molecule has 0 unspecified atom stereocenters. The summed E-state index contributed by atoms with van der Waals surface area (Å²) in [5.74, 6) is 0.556. The standard InChI is InChI=1S/C22H36N4O/c1-4-26(18(2)3)22(27)20-8-6-12-25(17-20)21-9-13-24(14-10-21)16-19-7-5-11-23-15-19/h5,7,11,15,18,20-21H,4,6,8-10,12-14,16-17H2,1-3H3/t20-/m1/s1. The number of aromatic nitrogens is 1.